The van der Waals surface area contributed by atoms with Crippen molar-refractivity contribution in [2.24, 2.45) is 0 Å². The number of pyridine rings is 1. The number of aromatic nitrogens is 1. The molecule has 0 aliphatic carbocycles. The van der Waals surface area contributed by atoms with Crippen LogP contribution in [0.3, 0.4) is 0 Å². The molecule has 0 spiro atoms. The summed E-state index contributed by atoms with van der Waals surface area (Å²) < 4.78 is 79.5. The van der Waals surface area contributed by atoms with Crippen LogP contribution in [0, 0.1) is 23.5 Å². The molecule has 0 N–H and O–H groups in total. The highest BCUT2D eigenvalue weighted by Gasteiger charge is 2.31. The van der Waals surface area contributed by atoms with Crippen molar-refractivity contribution in [2.75, 3.05) is 36.8 Å². The van der Waals surface area contributed by atoms with Crippen LogP contribution in [-0.2, 0) is 10.0 Å². The third-order valence-electron chi connectivity index (χ3n) is 3.93. The molecule has 0 amide bonds. The predicted octanol–water partition coefficient (Wildman–Crippen LogP) is 2.28. The Balaban J connectivity index is 2.09. The van der Waals surface area contributed by atoms with Gasteiger partial charge in [-0.2, -0.15) is 26.9 Å². The smallest absolute Gasteiger partial charge is 0.253 e. The van der Waals surface area contributed by atoms with Gasteiger partial charge in [0, 0.05) is 26.2 Å². The van der Waals surface area contributed by atoms with Gasteiger partial charge in [0.25, 0.3) is 11.9 Å². The molecule has 0 atom stereocenters. The van der Waals surface area contributed by atoms with E-state index < -0.39 is 39.2 Å². The number of unbranched alkanes of at least 4 members (excludes halogenated alkanes) is 2. The maximum absolute atomic E-state index is 13.7. The minimum absolute atomic E-state index is 0.00109. The van der Waals surface area contributed by atoms with E-state index in [4.69, 9.17) is 0 Å². The molecule has 0 unspecified atom stereocenters. The number of anilines is 1. The molecule has 2 heterocycles. The van der Waals surface area contributed by atoms with E-state index >= 15 is 0 Å². The highest BCUT2D eigenvalue weighted by molar-refractivity contribution is 7.89. The second kappa shape index (κ2) is 7.64. The van der Waals surface area contributed by atoms with Crippen molar-refractivity contribution >= 4 is 15.7 Å². The van der Waals surface area contributed by atoms with E-state index in [9.17, 15) is 26.0 Å². The second-order valence-electron chi connectivity index (χ2n) is 5.58. The minimum Gasteiger partial charge on any atom is -0.364 e. The zero-order valence-electron chi connectivity index (χ0n) is 13.2. The Kier molecular flexibility index (Phi) is 6.02. The van der Waals surface area contributed by atoms with Gasteiger partial charge in [0.15, 0.2) is 0 Å². The van der Waals surface area contributed by atoms with Crippen LogP contribution >= 0.6 is 0 Å². The van der Waals surface area contributed by atoms with Crippen LogP contribution in [0.25, 0.3) is 0 Å². The first-order chi connectivity index (χ1) is 11.3. The molecule has 1 aliphatic rings. The maximum atomic E-state index is 13.7. The van der Waals surface area contributed by atoms with Gasteiger partial charge in [-0.1, -0.05) is 19.8 Å². The third-order valence-corrected chi connectivity index (χ3v) is 5.88. The van der Waals surface area contributed by atoms with Crippen LogP contribution in [0.15, 0.2) is 0 Å². The summed E-state index contributed by atoms with van der Waals surface area (Å²) in [5.41, 5.74) is -0.844. The van der Waals surface area contributed by atoms with Gasteiger partial charge in [0.2, 0.25) is 21.7 Å². The number of hydrogen-bond acceptors (Lipinski definition) is 4. The molecular weight excluding hydrogens is 350 g/mol. The molecule has 2 rings (SSSR count). The second-order valence-corrected chi connectivity index (χ2v) is 7.67. The lowest BCUT2D eigenvalue weighted by molar-refractivity contribution is 0.368. The van der Waals surface area contributed by atoms with E-state index in [1.807, 2.05) is 6.92 Å². The molecule has 1 aromatic heterocycles. The Bertz CT molecular complexity index is 666. The molecular formula is C14H19F4N3O2S. The molecule has 1 saturated heterocycles. The Morgan fingerprint density at radius 3 is 2.00 bits per heavy atom. The topological polar surface area (TPSA) is 53.5 Å². The van der Waals surface area contributed by atoms with E-state index in [2.05, 4.69) is 4.98 Å². The fourth-order valence-corrected chi connectivity index (χ4v) is 4.15. The van der Waals surface area contributed by atoms with Crippen molar-refractivity contribution in [3.05, 3.63) is 23.5 Å². The summed E-state index contributed by atoms with van der Waals surface area (Å²) in [5, 5.41) is 0. The Labute approximate surface area is 138 Å². The molecule has 1 fully saturated rings. The quantitative estimate of drug-likeness (QED) is 0.439. The Morgan fingerprint density at radius 2 is 1.50 bits per heavy atom. The van der Waals surface area contributed by atoms with Crippen LogP contribution in [0.2, 0.25) is 0 Å². The fourth-order valence-electron chi connectivity index (χ4n) is 2.61. The first-order valence-corrected chi connectivity index (χ1v) is 9.31. The van der Waals surface area contributed by atoms with Crippen LogP contribution in [0.1, 0.15) is 26.2 Å². The maximum Gasteiger partial charge on any atom is 0.253 e. The molecule has 0 radical (unpaired) electrons. The van der Waals surface area contributed by atoms with Crippen LogP contribution in [-0.4, -0.2) is 49.6 Å². The lowest BCUT2D eigenvalue weighted by Crippen LogP contribution is -2.50. The lowest BCUT2D eigenvalue weighted by Gasteiger charge is -2.35. The van der Waals surface area contributed by atoms with Gasteiger partial charge in [0.1, 0.15) is 5.69 Å². The first kappa shape index (κ1) is 18.9. The number of rotatable bonds is 6. The summed E-state index contributed by atoms with van der Waals surface area (Å²) in [6.07, 6.45) is 2.23. The number of hydrogen-bond donors (Lipinski definition) is 0. The first-order valence-electron chi connectivity index (χ1n) is 7.70. The van der Waals surface area contributed by atoms with E-state index in [-0.39, 0.29) is 31.9 Å². The normalized spacial score (nSPS) is 16.6. The zero-order chi connectivity index (χ0) is 17.9. The van der Waals surface area contributed by atoms with Gasteiger partial charge in [-0.3, -0.25) is 0 Å². The number of sulfonamides is 1. The third kappa shape index (κ3) is 3.97. The summed E-state index contributed by atoms with van der Waals surface area (Å²) in [5.74, 6) is -6.58. The Morgan fingerprint density at radius 1 is 0.958 bits per heavy atom. The summed E-state index contributed by atoms with van der Waals surface area (Å²) in [6.45, 7) is 1.83. The predicted molar refractivity (Wildman–Crippen MR) is 81.2 cm³/mol. The summed E-state index contributed by atoms with van der Waals surface area (Å²) in [4.78, 5) is 3.60. The molecule has 1 aliphatic heterocycles. The van der Waals surface area contributed by atoms with E-state index in [1.54, 1.807) is 0 Å². The summed E-state index contributed by atoms with van der Waals surface area (Å²) >= 11 is 0. The summed E-state index contributed by atoms with van der Waals surface area (Å²) in [6, 6.07) is 0. The monoisotopic (exact) mass is 369 g/mol. The van der Waals surface area contributed by atoms with E-state index in [1.165, 1.54) is 4.31 Å². The fraction of sp³-hybridized carbons (Fsp3) is 0.643. The van der Waals surface area contributed by atoms with Crippen LogP contribution in [0.5, 0.6) is 0 Å². The lowest BCUT2D eigenvalue weighted by atomic mass is 10.2. The van der Waals surface area contributed by atoms with Crippen LogP contribution < -0.4 is 4.90 Å². The molecule has 0 aromatic carbocycles. The standard InChI is InChI=1S/C14H19F4N3O2S/c1-2-3-4-9-24(22,23)21-7-5-20(6-8-21)12-10(15)13(17)19-14(18)11(12)16/h2-9H2,1H3. The van der Waals surface area contributed by atoms with Crippen molar-refractivity contribution in [3.63, 3.8) is 0 Å². The molecule has 0 saturated carbocycles. The van der Waals surface area contributed by atoms with Crippen molar-refractivity contribution < 1.29 is 26.0 Å². The molecule has 136 valence electrons. The molecule has 1 aromatic rings. The molecule has 10 heteroatoms. The van der Waals surface area contributed by atoms with Gasteiger partial charge in [-0.05, 0) is 6.42 Å². The number of piperazine rings is 1. The Hall–Kier alpha value is -1.42. The molecule has 24 heavy (non-hydrogen) atoms. The van der Waals surface area contributed by atoms with Gasteiger partial charge < -0.3 is 4.90 Å². The van der Waals surface area contributed by atoms with Gasteiger partial charge in [-0.25, -0.2) is 8.42 Å². The molecule has 0 bridgehead atoms. The van der Waals surface area contributed by atoms with Crippen molar-refractivity contribution in [3.8, 4) is 0 Å². The SMILES string of the molecule is CCCCCS(=O)(=O)N1CCN(c2c(F)c(F)nc(F)c2F)CC1. The largest absolute Gasteiger partial charge is 0.364 e. The minimum atomic E-state index is -3.44. The van der Waals surface area contributed by atoms with Crippen LogP contribution in [0.4, 0.5) is 23.2 Å². The number of halogens is 4. The molecule has 5 nitrogen and oxygen atoms in total. The van der Waals surface area contributed by atoms with Crippen molar-refractivity contribution in [1.29, 1.82) is 0 Å². The summed E-state index contributed by atoms with van der Waals surface area (Å²) in [7, 11) is -3.44. The van der Waals surface area contributed by atoms with Gasteiger partial charge >= 0.3 is 0 Å². The average Bonchev–Trinajstić information content (AvgIpc) is 2.54. The van der Waals surface area contributed by atoms with Gasteiger partial charge in [-0.15, -0.1) is 0 Å². The average molecular weight is 369 g/mol. The van der Waals surface area contributed by atoms with Crippen molar-refractivity contribution in [1.82, 2.24) is 9.29 Å². The highest BCUT2D eigenvalue weighted by atomic mass is 32.2. The van der Waals surface area contributed by atoms with E-state index in [0.29, 0.717) is 6.42 Å². The van der Waals surface area contributed by atoms with E-state index in [0.717, 1.165) is 17.7 Å². The van der Waals surface area contributed by atoms with Crippen molar-refractivity contribution in [2.45, 2.75) is 26.2 Å². The highest BCUT2D eigenvalue weighted by Crippen LogP contribution is 2.27. The zero-order valence-corrected chi connectivity index (χ0v) is 14.1. The van der Waals surface area contributed by atoms with Gasteiger partial charge in [0.05, 0.1) is 5.75 Å². The number of nitrogens with zero attached hydrogens (tertiary/aromatic N) is 3.